The van der Waals surface area contributed by atoms with Crippen LogP contribution >= 0.6 is 0 Å². The van der Waals surface area contributed by atoms with Gasteiger partial charge in [0.05, 0.1) is 19.1 Å². The van der Waals surface area contributed by atoms with Crippen LogP contribution in [0.15, 0.2) is 22.8 Å². The zero-order chi connectivity index (χ0) is 28.3. The van der Waals surface area contributed by atoms with E-state index in [1.54, 1.807) is 6.08 Å². The van der Waals surface area contributed by atoms with Crippen LogP contribution in [0.2, 0.25) is 0 Å². The van der Waals surface area contributed by atoms with Crippen molar-refractivity contribution in [1.29, 1.82) is 0 Å². The molecule has 4 aliphatic carbocycles. The van der Waals surface area contributed by atoms with Crippen molar-refractivity contribution in [2.24, 2.45) is 39.9 Å². The Morgan fingerprint density at radius 2 is 1.74 bits per heavy atom. The van der Waals surface area contributed by atoms with Gasteiger partial charge in [-0.25, -0.2) is 4.18 Å². The van der Waals surface area contributed by atoms with Gasteiger partial charge in [0.15, 0.2) is 5.78 Å². The Bertz CT molecular complexity index is 1150. The lowest BCUT2D eigenvalue weighted by Gasteiger charge is -2.60. The summed E-state index contributed by atoms with van der Waals surface area (Å²) in [6, 6.07) is 0. The summed E-state index contributed by atoms with van der Waals surface area (Å²) in [4.78, 5) is 25.6. The molecule has 4 rings (SSSR count). The molecule has 0 aliphatic heterocycles. The van der Waals surface area contributed by atoms with E-state index in [1.165, 1.54) is 18.3 Å². The van der Waals surface area contributed by atoms with Gasteiger partial charge in [0.2, 0.25) is 0 Å². The zero-order valence-corrected chi connectivity index (χ0v) is 24.9. The predicted octanol–water partition coefficient (Wildman–Crippen LogP) is 6.25. The van der Waals surface area contributed by atoms with Gasteiger partial charge in [-0.05, 0) is 105 Å². The Balaban J connectivity index is 1.67. The smallest absolute Gasteiger partial charge is 0.397 e. The van der Waals surface area contributed by atoms with Gasteiger partial charge in [0, 0.05) is 6.42 Å². The van der Waals surface area contributed by atoms with E-state index in [2.05, 4.69) is 27.7 Å². The summed E-state index contributed by atoms with van der Waals surface area (Å²) >= 11 is 0. The van der Waals surface area contributed by atoms with E-state index >= 15 is 0 Å². The minimum absolute atomic E-state index is 0.0373. The molecule has 1 N–H and O–H groups in total. The van der Waals surface area contributed by atoms with Crippen molar-refractivity contribution >= 4 is 22.2 Å². The van der Waals surface area contributed by atoms with Crippen LogP contribution in [0.4, 0.5) is 0 Å². The van der Waals surface area contributed by atoms with Gasteiger partial charge in [0.25, 0.3) is 0 Å². The third kappa shape index (κ3) is 4.83. The van der Waals surface area contributed by atoms with Gasteiger partial charge < -0.3 is 4.74 Å². The van der Waals surface area contributed by atoms with E-state index in [0.29, 0.717) is 31.1 Å². The fourth-order valence-corrected chi connectivity index (χ4v) is 9.97. The first-order valence-electron chi connectivity index (χ1n) is 14.2. The molecule has 2 fully saturated rings. The molecule has 0 unspecified atom stereocenters. The molecule has 8 atom stereocenters. The highest BCUT2D eigenvalue weighted by atomic mass is 32.3. The maximum Gasteiger partial charge on any atom is 0.397 e. The van der Waals surface area contributed by atoms with E-state index in [0.717, 1.165) is 44.1 Å². The Hall–Kier alpha value is -1.51. The summed E-state index contributed by atoms with van der Waals surface area (Å²) in [5.74, 6) is -0.315. The van der Waals surface area contributed by atoms with Crippen LogP contribution < -0.4 is 0 Å². The molecule has 8 heteroatoms. The summed E-state index contributed by atoms with van der Waals surface area (Å²) in [6.07, 6.45) is 8.35. The minimum atomic E-state index is -4.69. The summed E-state index contributed by atoms with van der Waals surface area (Å²) in [6.45, 7) is 13.3. The number of carbonyl (C=O) groups is 2. The summed E-state index contributed by atoms with van der Waals surface area (Å²) < 4.78 is 42.7. The highest BCUT2D eigenvalue weighted by molar-refractivity contribution is 7.80. The van der Waals surface area contributed by atoms with E-state index in [-0.39, 0.29) is 27.9 Å². The highest BCUT2D eigenvalue weighted by Crippen LogP contribution is 2.71. The predicted molar refractivity (Wildman–Crippen MR) is 145 cm³/mol. The zero-order valence-electron chi connectivity index (χ0n) is 24.1. The number of hydrogen-bond acceptors (Lipinski definition) is 6. The number of hydrogen-bond donors (Lipinski definition) is 1. The normalized spacial score (nSPS) is 39.5. The first-order valence-corrected chi connectivity index (χ1v) is 15.6. The molecular formula is C30H46O7S. The van der Waals surface area contributed by atoms with Crippen molar-refractivity contribution in [3.05, 3.63) is 22.8 Å². The second-order valence-corrected chi connectivity index (χ2v) is 14.5. The lowest BCUT2D eigenvalue weighted by atomic mass is 9.45. The molecule has 0 spiro atoms. The number of ether oxygens (including phenoxy) is 1. The van der Waals surface area contributed by atoms with Gasteiger partial charge in [-0.2, -0.15) is 8.42 Å². The van der Waals surface area contributed by atoms with Crippen molar-refractivity contribution in [1.82, 2.24) is 0 Å². The SMILES string of the molecule is COC(=O)[C@@H]1[C@@H](OS(=O)(=O)O)CC[C@]2(C)C3=C(CC[C@@H]12)[C@]1(C)CC[C@H]([C@H](C)CC(=O)C=C(C)C)[C@@]1(C)CC3. The van der Waals surface area contributed by atoms with E-state index < -0.39 is 28.4 Å². The molecule has 0 aromatic carbocycles. The Labute approximate surface area is 228 Å². The monoisotopic (exact) mass is 550 g/mol. The summed E-state index contributed by atoms with van der Waals surface area (Å²) in [5.41, 5.74) is 3.92. The van der Waals surface area contributed by atoms with Crippen molar-refractivity contribution in [2.75, 3.05) is 7.11 Å². The lowest BCUT2D eigenvalue weighted by Crippen LogP contribution is -2.54. The van der Waals surface area contributed by atoms with E-state index in [9.17, 15) is 22.6 Å². The average molecular weight is 551 g/mol. The van der Waals surface area contributed by atoms with E-state index in [1.807, 2.05) is 13.8 Å². The van der Waals surface area contributed by atoms with Crippen molar-refractivity contribution in [3.8, 4) is 0 Å². The molecule has 0 aromatic rings. The number of esters is 1. The lowest BCUT2D eigenvalue weighted by molar-refractivity contribution is -0.158. The molecule has 0 amide bonds. The minimum Gasteiger partial charge on any atom is -0.469 e. The maximum absolute atomic E-state index is 13.0. The Kier molecular flexibility index (Phi) is 7.87. The largest absolute Gasteiger partial charge is 0.469 e. The standard InChI is InChI=1S/C30H46O7S/c1-18(2)16-20(31)17-19(3)21-10-14-30(6)23-8-9-24-26(27(32)36-7)25(37-38(33,34)35)12-13-28(24,4)22(23)11-15-29(21,30)5/h16,19,21,24-26H,8-15,17H2,1-7H3,(H,33,34,35)/t19-,21-,24+,25+,26+,28-,29-,30+/m1/s1. The Morgan fingerprint density at radius 3 is 2.34 bits per heavy atom. The average Bonchev–Trinajstić information content (AvgIpc) is 3.08. The first-order chi connectivity index (χ1) is 17.6. The maximum atomic E-state index is 13.0. The van der Waals surface area contributed by atoms with Gasteiger partial charge in [-0.15, -0.1) is 0 Å². The molecule has 38 heavy (non-hydrogen) atoms. The van der Waals surface area contributed by atoms with Crippen LogP contribution in [0.5, 0.6) is 0 Å². The first kappa shape index (κ1) is 29.5. The molecule has 7 nitrogen and oxygen atoms in total. The summed E-state index contributed by atoms with van der Waals surface area (Å²) in [5, 5.41) is 0. The molecule has 2 saturated carbocycles. The van der Waals surface area contributed by atoms with Crippen LogP contribution in [-0.2, 0) is 28.9 Å². The Morgan fingerprint density at radius 1 is 1.05 bits per heavy atom. The number of rotatable bonds is 7. The van der Waals surface area contributed by atoms with Crippen LogP contribution in [0, 0.1) is 39.9 Å². The van der Waals surface area contributed by atoms with Crippen LogP contribution in [0.25, 0.3) is 0 Å². The molecule has 0 aromatic heterocycles. The number of carbonyl (C=O) groups excluding carboxylic acids is 2. The van der Waals surface area contributed by atoms with Crippen LogP contribution in [-0.4, -0.2) is 37.9 Å². The molecule has 0 radical (unpaired) electrons. The molecule has 0 bridgehead atoms. The topological polar surface area (TPSA) is 107 Å². The number of ketones is 1. The van der Waals surface area contributed by atoms with Crippen molar-refractivity contribution < 1.29 is 31.5 Å². The number of allylic oxidation sites excluding steroid dienone is 4. The number of methoxy groups -OCH3 is 1. The molecule has 4 aliphatic rings. The summed E-state index contributed by atoms with van der Waals surface area (Å²) in [7, 11) is -3.37. The highest BCUT2D eigenvalue weighted by Gasteiger charge is 2.63. The van der Waals surface area contributed by atoms with Gasteiger partial charge >= 0.3 is 16.4 Å². The fourth-order valence-electron chi connectivity index (χ4n) is 9.44. The van der Waals surface area contributed by atoms with Crippen LogP contribution in [0.3, 0.4) is 0 Å². The second-order valence-electron chi connectivity index (χ2n) is 13.4. The van der Waals surface area contributed by atoms with Crippen molar-refractivity contribution in [3.63, 3.8) is 0 Å². The third-order valence-corrected chi connectivity index (χ3v) is 11.8. The number of fused-ring (bicyclic) bond motifs is 4. The molecule has 0 saturated heterocycles. The van der Waals surface area contributed by atoms with Crippen LogP contribution in [0.1, 0.15) is 99.3 Å². The molecule has 214 valence electrons. The molecule has 0 heterocycles. The third-order valence-electron chi connectivity index (χ3n) is 11.3. The van der Waals surface area contributed by atoms with E-state index in [4.69, 9.17) is 8.92 Å². The van der Waals surface area contributed by atoms with Gasteiger partial charge in [-0.1, -0.05) is 44.4 Å². The molecular weight excluding hydrogens is 504 g/mol. The quantitative estimate of drug-likeness (QED) is 0.173. The van der Waals surface area contributed by atoms with Gasteiger partial charge in [-0.3, -0.25) is 14.1 Å². The fraction of sp³-hybridized carbons (Fsp3) is 0.800. The van der Waals surface area contributed by atoms with Gasteiger partial charge in [0.1, 0.15) is 0 Å². The second kappa shape index (κ2) is 10.2. The van der Waals surface area contributed by atoms with Crippen molar-refractivity contribution in [2.45, 2.75) is 105 Å².